The van der Waals surface area contributed by atoms with Gasteiger partial charge in [0, 0.05) is 19.4 Å². The molecule has 1 heterocycles. The van der Waals surface area contributed by atoms with E-state index in [1.807, 2.05) is 0 Å². The average molecular weight is 211 g/mol. The maximum absolute atomic E-state index is 13.2. The number of benzene rings is 1. The number of aromatic hydroxyl groups is 1. The number of halogens is 2. The third-order valence-corrected chi connectivity index (χ3v) is 2.51. The van der Waals surface area contributed by atoms with Crippen molar-refractivity contribution in [2.75, 3.05) is 0 Å². The van der Waals surface area contributed by atoms with Crippen LogP contribution in [-0.2, 0) is 13.0 Å². The van der Waals surface area contributed by atoms with Crippen LogP contribution in [0.5, 0.6) is 5.75 Å². The maximum Gasteiger partial charge on any atom is 0.285 e. The molecule has 4 heteroatoms. The highest BCUT2D eigenvalue weighted by molar-refractivity contribution is 5.87. The zero-order chi connectivity index (χ0) is 11.2. The summed E-state index contributed by atoms with van der Waals surface area (Å²) >= 11 is 0. The lowest BCUT2D eigenvalue weighted by Gasteiger charge is -2.11. The minimum Gasteiger partial charge on any atom is -0.507 e. The number of aromatic nitrogens is 1. The van der Waals surface area contributed by atoms with Gasteiger partial charge in [0.05, 0.1) is 11.2 Å². The van der Waals surface area contributed by atoms with Crippen molar-refractivity contribution in [2.24, 2.45) is 7.05 Å². The van der Waals surface area contributed by atoms with Gasteiger partial charge in [-0.2, -0.15) is 0 Å². The molecule has 0 fully saturated rings. The number of hydrogen-bond donors (Lipinski definition) is 1. The van der Waals surface area contributed by atoms with Crippen LogP contribution < -0.4 is 0 Å². The molecule has 0 aliphatic rings. The largest absolute Gasteiger partial charge is 0.507 e. The fraction of sp³-hybridized carbons (Fsp3) is 0.273. The van der Waals surface area contributed by atoms with Crippen molar-refractivity contribution in [3.63, 3.8) is 0 Å². The van der Waals surface area contributed by atoms with Crippen LogP contribution in [0.4, 0.5) is 8.78 Å². The highest BCUT2D eigenvalue weighted by Crippen LogP contribution is 2.34. The molecule has 0 aliphatic heterocycles. The molecule has 15 heavy (non-hydrogen) atoms. The van der Waals surface area contributed by atoms with Crippen LogP contribution in [-0.4, -0.2) is 9.67 Å². The van der Waals surface area contributed by atoms with Crippen LogP contribution >= 0.6 is 0 Å². The molecular formula is C11H11F2NO. The summed E-state index contributed by atoms with van der Waals surface area (Å²) in [4.78, 5) is 0. The Morgan fingerprint density at radius 1 is 1.33 bits per heavy atom. The Labute approximate surface area is 85.8 Å². The second kappa shape index (κ2) is 2.95. The number of fused-ring (bicyclic) bond motifs is 1. The zero-order valence-corrected chi connectivity index (χ0v) is 8.46. The van der Waals surface area contributed by atoms with E-state index in [0.717, 1.165) is 6.92 Å². The third kappa shape index (κ3) is 1.46. The number of phenolic OH excluding ortho intramolecular Hbond substituents is 1. The number of hydrogen-bond acceptors (Lipinski definition) is 1. The van der Waals surface area contributed by atoms with E-state index in [1.54, 1.807) is 19.2 Å². The smallest absolute Gasteiger partial charge is 0.285 e. The molecule has 0 spiro atoms. The van der Waals surface area contributed by atoms with E-state index in [0.29, 0.717) is 10.9 Å². The van der Waals surface area contributed by atoms with E-state index in [2.05, 4.69) is 0 Å². The van der Waals surface area contributed by atoms with Gasteiger partial charge in [-0.15, -0.1) is 0 Å². The lowest BCUT2D eigenvalue weighted by molar-refractivity contribution is 0.0103. The first-order valence-electron chi connectivity index (χ1n) is 4.57. The van der Waals surface area contributed by atoms with Gasteiger partial charge in [0.15, 0.2) is 0 Å². The van der Waals surface area contributed by atoms with Gasteiger partial charge in [0.1, 0.15) is 5.75 Å². The molecule has 1 aromatic carbocycles. The van der Waals surface area contributed by atoms with Gasteiger partial charge < -0.3 is 9.67 Å². The standard InChI is InChI=1S/C11H11F2NO/c1-11(12,13)10-6-7-8(14(10)2)4-3-5-9(7)15/h3-6,15H,1-2H3. The minimum absolute atomic E-state index is 0.0265. The molecule has 1 aromatic heterocycles. The third-order valence-electron chi connectivity index (χ3n) is 2.51. The second-order valence-corrected chi connectivity index (χ2v) is 3.69. The summed E-state index contributed by atoms with van der Waals surface area (Å²) in [5, 5.41) is 9.97. The molecule has 0 unspecified atom stereocenters. The lowest BCUT2D eigenvalue weighted by atomic mass is 10.2. The van der Waals surface area contributed by atoms with Gasteiger partial charge >= 0.3 is 0 Å². The van der Waals surface area contributed by atoms with E-state index < -0.39 is 5.92 Å². The van der Waals surface area contributed by atoms with Gasteiger partial charge in [-0.05, 0) is 18.2 Å². The Balaban J connectivity index is 2.81. The van der Waals surface area contributed by atoms with Crippen molar-refractivity contribution in [3.8, 4) is 5.75 Å². The summed E-state index contributed by atoms with van der Waals surface area (Å²) in [6.07, 6.45) is 0. The van der Waals surface area contributed by atoms with Crippen molar-refractivity contribution in [3.05, 3.63) is 30.0 Å². The highest BCUT2D eigenvalue weighted by Gasteiger charge is 2.29. The topological polar surface area (TPSA) is 25.2 Å². The van der Waals surface area contributed by atoms with Gasteiger partial charge in [0.2, 0.25) is 0 Å². The Hall–Kier alpha value is -1.58. The van der Waals surface area contributed by atoms with E-state index in [-0.39, 0.29) is 11.4 Å². The molecule has 0 amide bonds. The van der Waals surface area contributed by atoms with Gasteiger partial charge in [-0.3, -0.25) is 0 Å². The van der Waals surface area contributed by atoms with Crippen molar-refractivity contribution in [1.82, 2.24) is 4.57 Å². The summed E-state index contributed by atoms with van der Waals surface area (Å²) < 4.78 is 27.8. The summed E-state index contributed by atoms with van der Waals surface area (Å²) in [5.74, 6) is -2.88. The summed E-state index contributed by atoms with van der Waals surface area (Å²) in [6, 6.07) is 6.14. The van der Waals surface area contributed by atoms with E-state index >= 15 is 0 Å². The molecule has 1 N–H and O–H groups in total. The molecule has 2 aromatic rings. The van der Waals surface area contributed by atoms with Crippen LogP contribution in [0.25, 0.3) is 10.9 Å². The molecule has 2 rings (SSSR count). The number of aryl methyl sites for hydroxylation is 1. The van der Waals surface area contributed by atoms with E-state index in [1.165, 1.54) is 16.7 Å². The molecular weight excluding hydrogens is 200 g/mol. The van der Waals surface area contributed by atoms with Crippen LogP contribution in [0.2, 0.25) is 0 Å². The maximum atomic E-state index is 13.2. The fourth-order valence-corrected chi connectivity index (χ4v) is 1.77. The molecule has 80 valence electrons. The molecule has 0 saturated heterocycles. The molecule has 0 bridgehead atoms. The molecule has 0 radical (unpaired) electrons. The molecule has 2 nitrogen and oxygen atoms in total. The van der Waals surface area contributed by atoms with Crippen LogP contribution in [0, 0.1) is 0 Å². The van der Waals surface area contributed by atoms with E-state index in [4.69, 9.17) is 0 Å². The average Bonchev–Trinajstić information content (AvgIpc) is 2.45. The number of phenols is 1. The van der Waals surface area contributed by atoms with Crippen LogP contribution in [0.1, 0.15) is 12.6 Å². The zero-order valence-electron chi connectivity index (χ0n) is 8.46. The van der Waals surface area contributed by atoms with Gasteiger partial charge in [-0.1, -0.05) is 6.07 Å². The molecule has 0 aliphatic carbocycles. The molecule has 0 saturated carbocycles. The fourth-order valence-electron chi connectivity index (χ4n) is 1.77. The monoisotopic (exact) mass is 211 g/mol. The first kappa shape index (κ1) is 9.96. The van der Waals surface area contributed by atoms with Crippen molar-refractivity contribution >= 4 is 10.9 Å². The first-order valence-corrected chi connectivity index (χ1v) is 4.57. The quantitative estimate of drug-likeness (QED) is 0.770. The van der Waals surface area contributed by atoms with Crippen molar-refractivity contribution in [1.29, 1.82) is 0 Å². The lowest BCUT2D eigenvalue weighted by Crippen LogP contribution is -2.12. The Bertz CT molecular complexity index is 511. The van der Waals surface area contributed by atoms with Crippen molar-refractivity contribution < 1.29 is 13.9 Å². The number of rotatable bonds is 1. The normalized spacial score (nSPS) is 12.3. The first-order chi connectivity index (χ1) is 6.91. The highest BCUT2D eigenvalue weighted by atomic mass is 19.3. The van der Waals surface area contributed by atoms with E-state index in [9.17, 15) is 13.9 Å². The van der Waals surface area contributed by atoms with Crippen LogP contribution in [0.3, 0.4) is 0 Å². The molecule has 0 atom stereocenters. The predicted octanol–water partition coefficient (Wildman–Crippen LogP) is 3.00. The summed E-state index contributed by atoms with van der Waals surface area (Å²) in [6.45, 7) is 0.845. The minimum atomic E-state index is -2.90. The predicted molar refractivity (Wildman–Crippen MR) is 54.2 cm³/mol. The Morgan fingerprint density at radius 2 is 2.00 bits per heavy atom. The van der Waals surface area contributed by atoms with Gasteiger partial charge in [0.25, 0.3) is 5.92 Å². The SMILES string of the molecule is Cn1c(C(C)(F)F)cc2c(O)cccc21. The Kier molecular flexibility index (Phi) is 1.96. The Morgan fingerprint density at radius 3 is 2.53 bits per heavy atom. The second-order valence-electron chi connectivity index (χ2n) is 3.69. The van der Waals surface area contributed by atoms with Crippen molar-refractivity contribution in [2.45, 2.75) is 12.8 Å². The van der Waals surface area contributed by atoms with Crippen LogP contribution in [0.15, 0.2) is 24.3 Å². The van der Waals surface area contributed by atoms with Gasteiger partial charge in [-0.25, -0.2) is 8.78 Å². The number of nitrogens with zero attached hydrogens (tertiary/aromatic N) is 1. The summed E-state index contributed by atoms with van der Waals surface area (Å²) in [5.41, 5.74) is 0.505. The number of alkyl halides is 2. The summed E-state index contributed by atoms with van der Waals surface area (Å²) in [7, 11) is 1.56.